The van der Waals surface area contributed by atoms with Crippen LogP contribution in [0.15, 0.2) is 81.6 Å². The highest BCUT2D eigenvalue weighted by Gasteiger charge is 2.21. The monoisotopic (exact) mass is 451 g/mol. The van der Waals surface area contributed by atoms with Gasteiger partial charge in [-0.3, -0.25) is 24.3 Å². The number of para-hydroxylation sites is 2. The molecule has 0 aliphatic rings. The van der Waals surface area contributed by atoms with Crippen LogP contribution in [0.25, 0.3) is 16.6 Å². The molecule has 4 aromatic rings. The first kappa shape index (κ1) is 20.8. The second-order valence-electron chi connectivity index (χ2n) is 6.60. The highest BCUT2D eigenvalue weighted by atomic mass is 35.5. The molecule has 31 heavy (non-hydrogen) atoms. The Morgan fingerprint density at radius 3 is 2.52 bits per heavy atom. The van der Waals surface area contributed by atoms with Gasteiger partial charge in [0.2, 0.25) is 0 Å². The molecule has 7 nitrogen and oxygen atoms in total. The molecule has 0 unspecified atom stereocenters. The van der Waals surface area contributed by atoms with Gasteiger partial charge in [-0.2, -0.15) is 0 Å². The van der Waals surface area contributed by atoms with E-state index in [4.69, 9.17) is 11.6 Å². The Hall–Kier alpha value is -3.49. The van der Waals surface area contributed by atoms with Gasteiger partial charge in [0.25, 0.3) is 11.2 Å². The number of hydrogen-bond donors (Lipinski definition) is 0. The first-order chi connectivity index (χ1) is 14.9. The van der Waals surface area contributed by atoms with E-state index >= 15 is 0 Å². The van der Waals surface area contributed by atoms with Gasteiger partial charge in [0.1, 0.15) is 0 Å². The van der Waals surface area contributed by atoms with E-state index in [0.29, 0.717) is 21.6 Å². The maximum absolute atomic E-state index is 13.3. The van der Waals surface area contributed by atoms with Crippen LogP contribution in [-0.2, 0) is 0 Å². The van der Waals surface area contributed by atoms with Gasteiger partial charge in [-0.15, -0.1) is 0 Å². The first-order valence-corrected chi connectivity index (χ1v) is 10.3. The molecule has 154 valence electrons. The van der Waals surface area contributed by atoms with Crippen LogP contribution in [0.4, 0.5) is 5.69 Å². The Bertz CT molecular complexity index is 1420. The number of nitro benzene ring substituents is 1. The Kier molecular flexibility index (Phi) is 5.58. The van der Waals surface area contributed by atoms with Crippen LogP contribution in [0.2, 0.25) is 5.02 Å². The number of aromatic nitrogens is 2. The average molecular weight is 452 g/mol. The van der Waals surface area contributed by atoms with Crippen molar-refractivity contribution in [3.05, 3.63) is 97.8 Å². The van der Waals surface area contributed by atoms with Gasteiger partial charge in [0.15, 0.2) is 10.9 Å². The van der Waals surface area contributed by atoms with Crippen LogP contribution < -0.4 is 5.56 Å². The molecule has 0 saturated carbocycles. The summed E-state index contributed by atoms with van der Waals surface area (Å²) in [6.45, 7) is 1.34. The number of fused-ring (bicyclic) bond motifs is 1. The van der Waals surface area contributed by atoms with E-state index in [1.165, 1.54) is 29.7 Å². The second-order valence-corrected chi connectivity index (χ2v) is 8.02. The lowest BCUT2D eigenvalue weighted by Gasteiger charge is -2.14. The summed E-state index contributed by atoms with van der Waals surface area (Å²) in [5.41, 5.74) is 0.514. The summed E-state index contributed by atoms with van der Waals surface area (Å²) < 4.78 is 1.35. The lowest BCUT2D eigenvalue weighted by Crippen LogP contribution is -2.22. The molecule has 0 amide bonds. The highest BCUT2D eigenvalue weighted by molar-refractivity contribution is 7.99. The summed E-state index contributed by atoms with van der Waals surface area (Å²) in [7, 11) is 0. The Morgan fingerprint density at radius 2 is 1.81 bits per heavy atom. The average Bonchev–Trinajstić information content (AvgIpc) is 2.75. The number of benzene rings is 3. The van der Waals surface area contributed by atoms with E-state index in [9.17, 15) is 19.7 Å². The number of carbonyl (C=O) groups excluding carboxylic acids is 1. The van der Waals surface area contributed by atoms with E-state index in [1.807, 2.05) is 0 Å². The van der Waals surface area contributed by atoms with Gasteiger partial charge in [0, 0.05) is 11.6 Å². The zero-order valence-corrected chi connectivity index (χ0v) is 17.7. The third-order valence-corrected chi connectivity index (χ3v) is 5.94. The smallest absolute Gasteiger partial charge is 0.284 e. The number of Topliss-reactive ketones (excluding diaryl/α,β-unsaturated/α-hetero) is 1. The van der Waals surface area contributed by atoms with Gasteiger partial charge >= 0.3 is 0 Å². The highest BCUT2D eigenvalue weighted by Crippen LogP contribution is 2.36. The van der Waals surface area contributed by atoms with E-state index in [1.54, 1.807) is 48.5 Å². The Balaban J connectivity index is 1.97. The molecule has 0 atom stereocenters. The number of rotatable bonds is 5. The summed E-state index contributed by atoms with van der Waals surface area (Å²) in [5, 5.41) is 12.6. The maximum atomic E-state index is 13.3. The van der Waals surface area contributed by atoms with Gasteiger partial charge in [0.05, 0.1) is 31.4 Å². The van der Waals surface area contributed by atoms with Crippen molar-refractivity contribution < 1.29 is 9.72 Å². The van der Waals surface area contributed by atoms with E-state index < -0.39 is 4.92 Å². The number of hydrogen-bond acceptors (Lipinski definition) is 6. The summed E-state index contributed by atoms with van der Waals surface area (Å²) in [5.74, 6) is -0.281. The summed E-state index contributed by atoms with van der Waals surface area (Å²) in [4.78, 5) is 40.9. The topological polar surface area (TPSA) is 95.1 Å². The molecule has 0 bridgehead atoms. The quantitative estimate of drug-likeness (QED) is 0.177. The Labute approximate surface area is 185 Å². The van der Waals surface area contributed by atoms with Crippen molar-refractivity contribution in [2.75, 3.05) is 0 Å². The minimum Gasteiger partial charge on any atom is -0.295 e. The van der Waals surface area contributed by atoms with Crippen molar-refractivity contribution in [1.82, 2.24) is 9.55 Å². The predicted octanol–water partition coefficient (Wildman–Crippen LogP) is 5.30. The molecular formula is C22H14ClN3O4S. The SMILES string of the molecule is CC(=O)c1ccc(Sc2nc3ccccc3c(=O)n2-c2ccccc2Cl)c([N+](=O)[O-])c1. The van der Waals surface area contributed by atoms with Crippen LogP contribution in [0.3, 0.4) is 0 Å². The molecular weight excluding hydrogens is 438 g/mol. The van der Waals surface area contributed by atoms with Crippen molar-refractivity contribution in [2.24, 2.45) is 0 Å². The van der Waals surface area contributed by atoms with Crippen LogP contribution in [-0.4, -0.2) is 20.3 Å². The van der Waals surface area contributed by atoms with Crippen molar-refractivity contribution in [2.45, 2.75) is 17.0 Å². The fourth-order valence-electron chi connectivity index (χ4n) is 3.09. The molecule has 9 heteroatoms. The molecule has 0 saturated heterocycles. The molecule has 4 rings (SSSR count). The van der Waals surface area contributed by atoms with Crippen LogP contribution >= 0.6 is 23.4 Å². The molecule has 0 N–H and O–H groups in total. The molecule has 3 aromatic carbocycles. The number of halogens is 1. The number of nitro groups is 1. The zero-order chi connectivity index (χ0) is 22.1. The third kappa shape index (κ3) is 3.95. The van der Waals surface area contributed by atoms with Gasteiger partial charge in [-0.25, -0.2) is 4.98 Å². The van der Waals surface area contributed by atoms with E-state index in [2.05, 4.69) is 4.98 Å². The van der Waals surface area contributed by atoms with Crippen molar-refractivity contribution in [3.63, 3.8) is 0 Å². The zero-order valence-electron chi connectivity index (χ0n) is 16.1. The molecule has 0 spiro atoms. The normalized spacial score (nSPS) is 10.9. The third-order valence-electron chi connectivity index (χ3n) is 4.60. The number of carbonyl (C=O) groups is 1. The number of ketones is 1. The first-order valence-electron chi connectivity index (χ1n) is 9.11. The van der Waals surface area contributed by atoms with Crippen molar-refractivity contribution >= 4 is 45.7 Å². The number of nitrogens with zero attached hydrogens (tertiary/aromatic N) is 3. The minimum absolute atomic E-state index is 0.218. The summed E-state index contributed by atoms with van der Waals surface area (Å²) >= 11 is 7.31. The second kappa shape index (κ2) is 8.33. The molecule has 0 fully saturated rings. The minimum atomic E-state index is -0.562. The van der Waals surface area contributed by atoms with Crippen molar-refractivity contribution in [1.29, 1.82) is 0 Å². The van der Waals surface area contributed by atoms with Gasteiger partial charge in [-0.05, 0) is 55.1 Å². The lowest BCUT2D eigenvalue weighted by molar-refractivity contribution is -0.387. The van der Waals surface area contributed by atoms with Crippen LogP contribution in [0, 0.1) is 10.1 Å². The van der Waals surface area contributed by atoms with Gasteiger partial charge in [-0.1, -0.05) is 35.9 Å². The molecule has 0 aliphatic heterocycles. The molecule has 0 radical (unpaired) electrons. The van der Waals surface area contributed by atoms with E-state index in [-0.39, 0.29) is 32.6 Å². The fourth-order valence-corrected chi connectivity index (χ4v) is 4.30. The molecule has 0 aliphatic carbocycles. The maximum Gasteiger partial charge on any atom is 0.284 e. The van der Waals surface area contributed by atoms with E-state index in [0.717, 1.165) is 11.8 Å². The summed E-state index contributed by atoms with van der Waals surface area (Å²) in [6, 6.07) is 17.9. The molecule has 1 heterocycles. The van der Waals surface area contributed by atoms with Gasteiger partial charge < -0.3 is 0 Å². The predicted molar refractivity (Wildman–Crippen MR) is 120 cm³/mol. The van der Waals surface area contributed by atoms with Crippen molar-refractivity contribution in [3.8, 4) is 5.69 Å². The Morgan fingerprint density at radius 1 is 1.10 bits per heavy atom. The lowest BCUT2D eigenvalue weighted by atomic mass is 10.1. The fraction of sp³-hybridized carbons (Fsp3) is 0.0455. The largest absolute Gasteiger partial charge is 0.295 e. The van der Waals surface area contributed by atoms with Crippen LogP contribution in [0.1, 0.15) is 17.3 Å². The summed E-state index contributed by atoms with van der Waals surface area (Å²) in [6.07, 6.45) is 0. The standard InChI is InChI=1S/C22H14ClN3O4S/c1-13(27)14-10-11-20(19(12-14)26(29)30)31-22-24-17-8-4-2-6-15(17)21(28)25(22)18-9-5-3-7-16(18)23/h2-12H,1H3. The van der Waals surface area contributed by atoms with Crippen LogP contribution in [0.5, 0.6) is 0 Å². The molecule has 1 aromatic heterocycles.